The van der Waals surface area contributed by atoms with E-state index in [1.807, 2.05) is 0 Å². The van der Waals surface area contributed by atoms with E-state index in [2.05, 4.69) is 6.58 Å². The quantitative estimate of drug-likeness (QED) is 0.365. The third-order valence-electron chi connectivity index (χ3n) is 3.46. The molecule has 8 nitrogen and oxygen atoms in total. The number of benzene rings is 1. The Morgan fingerprint density at radius 3 is 2.88 bits per heavy atom. The number of carbonyl (C=O) groups excluding carboxylic acids is 1. The van der Waals surface area contributed by atoms with Crippen molar-refractivity contribution < 1.29 is 29.0 Å². The van der Waals surface area contributed by atoms with Crippen molar-refractivity contribution in [2.45, 2.75) is 31.8 Å². The standard InChI is InChI=1S/C16H19NO7/c1-10(14(18)11-5-4-6-12(7-11)17(20)21)15(19)22-8-13-9-23-16(2,3)24-13/h4-7,13-14,18H,1,8-9H2,2-3H3. The van der Waals surface area contributed by atoms with Gasteiger partial charge in [0.25, 0.3) is 5.69 Å². The van der Waals surface area contributed by atoms with Gasteiger partial charge in [-0.3, -0.25) is 10.1 Å². The summed E-state index contributed by atoms with van der Waals surface area (Å²) in [7, 11) is 0. The van der Waals surface area contributed by atoms with E-state index in [-0.39, 0.29) is 23.4 Å². The molecule has 8 heteroatoms. The van der Waals surface area contributed by atoms with E-state index in [4.69, 9.17) is 14.2 Å². The highest BCUT2D eigenvalue weighted by atomic mass is 16.7. The minimum Gasteiger partial charge on any atom is -0.459 e. The van der Waals surface area contributed by atoms with Gasteiger partial charge in [-0.25, -0.2) is 4.79 Å². The van der Waals surface area contributed by atoms with Crippen LogP contribution in [0.15, 0.2) is 36.4 Å². The molecule has 1 saturated heterocycles. The predicted molar refractivity (Wildman–Crippen MR) is 83.1 cm³/mol. The molecule has 0 radical (unpaired) electrons. The van der Waals surface area contributed by atoms with Crippen molar-refractivity contribution in [2.24, 2.45) is 0 Å². The summed E-state index contributed by atoms with van der Waals surface area (Å²) in [6.45, 7) is 7.27. The molecule has 1 aliphatic heterocycles. The number of aliphatic hydroxyl groups is 1. The number of hydrogen-bond acceptors (Lipinski definition) is 7. The van der Waals surface area contributed by atoms with Gasteiger partial charge in [-0.1, -0.05) is 18.7 Å². The molecule has 2 rings (SSSR count). The lowest BCUT2D eigenvalue weighted by molar-refractivity contribution is -0.385. The number of hydrogen-bond donors (Lipinski definition) is 1. The van der Waals surface area contributed by atoms with Crippen LogP contribution in [0, 0.1) is 10.1 Å². The van der Waals surface area contributed by atoms with Crippen LogP contribution in [0.1, 0.15) is 25.5 Å². The first kappa shape index (κ1) is 18.1. The number of ether oxygens (including phenoxy) is 3. The molecule has 0 bridgehead atoms. The van der Waals surface area contributed by atoms with E-state index in [0.717, 1.165) is 0 Å². The van der Waals surface area contributed by atoms with Crippen molar-refractivity contribution in [3.05, 3.63) is 52.1 Å². The summed E-state index contributed by atoms with van der Waals surface area (Å²) in [4.78, 5) is 22.2. The number of aliphatic hydroxyl groups excluding tert-OH is 1. The fourth-order valence-electron chi connectivity index (χ4n) is 2.23. The molecule has 130 valence electrons. The van der Waals surface area contributed by atoms with Gasteiger partial charge >= 0.3 is 5.97 Å². The van der Waals surface area contributed by atoms with E-state index in [0.29, 0.717) is 6.61 Å². The third-order valence-corrected chi connectivity index (χ3v) is 3.46. The highest BCUT2D eigenvalue weighted by molar-refractivity contribution is 5.89. The van der Waals surface area contributed by atoms with Crippen LogP contribution >= 0.6 is 0 Å². The van der Waals surface area contributed by atoms with Crippen LogP contribution in [-0.2, 0) is 19.0 Å². The Hall–Kier alpha value is -2.29. The molecule has 1 aliphatic rings. The van der Waals surface area contributed by atoms with Crippen LogP contribution in [0.25, 0.3) is 0 Å². The van der Waals surface area contributed by atoms with Gasteiger partial charge in [0.1, 0.15) is 18.8 Å². The molecule has 1 aromatic rings. The molecule has 2 atom stereocenters. The van der Waals surface area contributed by atoms with Crippen LogP contribution in [0.3, 0.4) is 0 Å². The minimum absolute atomic E-state index is 0.0387. The van der Waals surface area contributed by atoms with Gasteiger partial charge in [0.2, 0.25) is 0 Å². The molecule has 1 fully saturated rings. The average Bonchev–Trinajstić information content (AvgIpc) is 2.90. The maximum absolute atomic E-state index is 12.0. The highest BCUT2D eigenvalue weighted by Gasteiger charge is 2.33. The van der Waals surface area contributed by atoms with Crippen molar-refractivity contribution in [3.63, 3.8) is 0 Å². The lowest BCUT2D eigenvalue weighted by Gasteiger charge is -2.18. The maximum atomic E-state index is 12.0. The Morgan fingerprint density at radius 2 is 2.29 bits per heavy atom. The van der Waals surface area contributed by atoms with E-state index in [1.54, 1.807) is 13.8 Å². The second-order valence-electron chi connectivity index (χ2n) is 5.83. The highest BCUT2D eigenvalue weighted by Crippen LogP contribution is 2.26. The summed E-state index contributed by atoms with van der Waals surface area (Å²) in [6, 6.07) is 5.35. The summed E-state index contributed by atoms with van der Waals surface area (Å²) in [5.41, 5.74) is -0.215. The molecule has 1 aromatic carbocycles. The summed E-state index contributed by atoms with van der Waals surface area (Å²) >= 11 is 0. The average molecular weight is 337 g/mol. The zero-order valence-electron chi connectivity index (χ0n) is 13.4. The number of nitro groups is 1. The normalized spacial score (nSPS) is 20.4. The van der Waals surface area contributed by atoms with Crippen molar-refractivity contribution in [2.75, 3.05) is 13.2 Å². The molecule has 0 spiro atoms. The summed E-state index contributed by atoms with van der Waals surface area (Å²) in [5, 5.41) is 20.9. The molecule has 0 aliphatic carbocycles. The molecule has 24 heavy (non-hydrogen) atoms. The van der Waals surface area contributed by atoms with Crippen molar-refractivity contribution in [1.29, 1.82) is 0 Å². The first-order chi connectivity index (χ1) is 11.2. The van der Waals surface area contributed by atoms with Crippen LogP contribution in [0.2, 0.25) is 0 Å². The monoisotopic (exact) mass is 337 g/mol. The first-order valence-electron chi connectivity index (χ1n) is 7.30. The van der Waals surface area contributed by atoms with Gasteiger partial charge < -0.3 is 19.3 Å². The fourth-order valence-corrected chi connectivity index (χ4v) is 2.23. The largest absolute Gasteiger partial charge is 0.459 e. The summed E-state index contributed by atoms with van der Waals surface area (Å²) in [5.74, 6) is -1.53. The zero-order chi connectivity index (χ0) is 17.9. The van der Waals surface area contributed by atoms with E-state index < -0.39 is 28.9 Å². The van der Waals surface area contributed by atoms with Crippen molar-refractivity contribution in [3.8, 4) is 0 Å². The van der Waals surface area contributed by atoms with Gasteiger partial charge in [-0.15, -0.1) is 0 Å². The third kappa shape index (κ3) is 4.38. The SMILES string of the molecule is C=C(C(=O)OCC1COC(C)(C)O1)C(O)c1cccc([N+](=O)[O-])c1. The minimum atomic E-state index is -1.39. The number of nitro benzene ring substituents is 1. The van der Waals surface area contributed by atoms with Crippen molar-refractivity contribution in [1.82, 2.24) is 0 Å². The van der Waals surface area contributed by atoms with E-state index in [9.17, 15) is 20.0 Å². The Labute approximate surface area is 138 Å². The van der Waals surface area contributed by atoms with Gasteiger partial charge in [0.05, 0.1) is 17.1 Å². The van der Waals surface area contributed by atoms with E-state index in [1.165, 1.54) is 24.3 Å². The van der Waals surface area contributed by atoms with Gasteiger partial charge in [0.15, 0.2) is 5.79 Å². The van der Waals surface area contributed by atoms with Crippen LogP contribution < -0.4 is 0 Å². The maximum Gasteiger partial charge on any atom is 0.336 e. The topological polar surface area (TPSA) is 108 Å². The number of esters is 1. The van der Waals surface area contributed by atoms with Crippen LogP contribution in [0.4, 0.5) is 5.69 Å². The van der Waals surface area contributed by atoms with Crippen LogP contribution in [-0.4, -0.2) is 41.1 Å². The fraction of sp³-hybridized carbons (Fsp3) is 0.438. The van der Waals surface area contributed by atoms with Gasteiger partial charge in [0, 0.05) is 12.1 Å². The zero-order valence-corrected chi connectivity index (χ0v) is 13.4. The Morgan fingerprint density at radius 1 is 1.58 bits per heavy atom. The molecule has 0 saturated carbocycles. The lowest BCUT2D eigenvalue weighted by atomic mass is 10.0. The molecule has 0 amide bonds. The molecule has 1 N–H and O–H groups in total. The molecular formula is C16H19NO7. The number of nitrogens with zero attached hydrogens (tertiary/aromatic N) is 1. The second-order valence-corrected chi connectivity index (χ2v) is 5.83. The molecule has 1 heterocycles. The van der Waals surface area contributed by atoms with E-state index >= 15 is 0 Å². The lowest BCUT2D eigenvalue weighted by Crippen LogP contribution is -2.26. The molecule has 2 unspecified atom stereocenters. The Balaban J connectivity index is 1.94. The second kappa shape index (κ2) is 7.08. The number of carbonyl (C=O) groups is 1. The summed E-state index contributed by atoms with van der Waals surface area (Å²) < 4.78 is 15.9. The number of non-ortho nitro benzene ring substituents is 1. The Bertz CT molecular complexity index is 656. The molecular weight excluding hydrogens is 318 g/mol. The first-order valence-corrected chi connectivity index (χ1v) is 7.30. The van der Waals surface area contributed by atoms with Gasteiger partial charge in [-0.2, -0.15) is 0 Å². The summed E-state index contributed by atoms with van der Waals surface area (Å²) in [6.07, 6.45) is -1.79. The number of rotatable bonds is 6. The van der Waals surface area contributed by atoms with Gasteiger partial charge in [-0.05, 0) is 19.4 Å². The smallest absolute Gasteiger partial charge is 0.336 e. The van der Waals surface area contributed by atoms with Crippen molar-refractivity contribution >= 4 is 11.7 Å². The van der Waals surface area contributed by atoms with Crippen LogP contribution in [0.5, 0.6) is 0 Å². The Kier molecular flexibility index (Phi) is 5.33. The molecule has 0 aromatic heterocycles. The predicted octanol–water partition coefficient (Wildman–Crippen LogP) is 1.88.